The number of pyridine rings is 1. The number of rotatable bonds is 8. The number of methoxy groups -OCH3 is 3. The summed E-state index contributed by atoms with van der Waals surface area (Å²) in [4.78, 5) is 31.7. The Morgan fingerprint density at radius 1 is 1.13 bits per heavy atom. The van der Waals surface area contributed by atoms with Crippen molar-refractivity contribution in [2.45, 2.75) is 26.4 Å². The minimum Gasteiger partial charge on any atom is -0.503 e. The number of hydrogen-bond acceptors (Lipinski definition) is 7. The molecule has 3 rings (SSSR count). The van der Waals surface area contributed by atoms with Crippen LogP contribution in [-0.2, 0) is 16.1 Å². The van der Waals surface area contributed by atoms with Gasteiger partial charge < -0.3 is 24.2 Å². The first-order chi connectivity index (χ1) is 14.8. The molecule has 0 spiro atoms. The maximum atomic E-state index is 13.0. The van der Waals surface area contributed by atoms with Crippen LogP contribution in [0.2, 0.25) is 0 Å². The number of carbonyl (C=O) groups is 2. The van der Waals surface area contributed by atoms with E-state index < -0.39 is 23.6 Å². The van der Waals surface area contributed by atoms with E-state index in [-0.39, 0.29) is 17.9 Å². The molecular weight excluding hydrogens is 400 g/mol. The van der Waals surface area contributed by atoms with Gasteiger partial charge in [0.15, 0.2) is 23.0 Å². The van der Waals surface area contributed by atoms with Crippen molar-refractivity contribution < 1.29 is 28.9 Å². The molecule has 0 fully saturated rings. The van der Waals surface area contributed by atoms with Crippen molar-refractivity contribution >= 4 is 11.7 Å². The molecule has 1 unspecified atom stereocenters. The van der Waals surface area contributed by atoms with Crippen molar-refractivity contribution in [2.75, 3.05) is 21.3 Å². The molecule has 1 aliphatic heterocycles. The van der Waals surface area contributed by atoms with E-state index >= 15 is 0 Å². The van der Waals surface area contributed by atoms with Gasteiger partial charge in [-0.05, 0) is 29.8 Å². The lowest BCUT2D eigenvalue weighted by atomic mass is 9.91. The van der Waals surface area contributed by atoms with E-state index in [2.05, 4.69) is 4.98 Å². The lowest BCUT2D eigenvalue weighted by Crippen LogP contribution is -2.31. The normalized spacial score (nSPS) is 16.1. The average Bonchev–Trinajstić information content (AvgIpc) is 3.02. The molecular formula is C23H26N2O6. The Kier molecular flexibility index (Phi) is 6.48. The monoisotopic (exact) mass is 426 g/mol. The van der Waals surface area contributed by atoms with Gasteiger partial charge in [0.25, 0.3) is 5.91 Å². The van der Waals surface area contributed by atoms with Gasteiger partial charge in [-0.1, -0.05) is 19.9 Å². The van der Waals surface area contributed by atoms with Crippen LogP contribution < -0.4 is 14.2 Å². The zero-order valence-electron chi connectivity index (χ0n) is 18.2. The fourth-order valence-electron chi connectivity index (χ4n) is 3.65. The van der Waals surface area contributed by atoms with E-state index in [1.165, 1.54) is 26.2 Å². The summed E-state index contributed by atoms with van der Waals surface area (Å²) in [5.41, 5.74) is 1.22. The molecule has 0 radical (unpaired) electrons. The number of carbonyl (C=O) groups excluding carboxylic acids is 2. The van der Waals surface area contributed by atoms with E-state index in [1.54, 1.807) is 44.3 Å². The molecule has 164 valence electrons. The fraction of sp³-hybridized carbons (Fsp3) is 0.348. The van der Waals surface area contributed by atoms with Gasteiger partial charge in [-0.15, -0.1) is 0 Å². The molecule has 0 saturated carbocycles. The van der Waals surface area contributed by atoms with Gasteiger partial charge >= 0.3 is 0 Å². The summed E-state index contributed by atoms with van der Waals surface area (Å²) >= 11 is 0. The Balaban J connectivity index is 2.19. The Bertz CT molecular complexity index is 991. The number of aromatic nitrogens is 1. The lowest BCUT2D eigenvalue weighted by Gasteiger charge is -2.28. The predicted octanol–water partition coefficient (Wildman–Crippen LogP) is 3.23. The van der Waals surface area contributed by atoms with Crippen molar-refractivity contribution in [2.24, 2.45) is 5.92 Å². The molecule has 1 aromatic carbocycles. The van der Waals surface area contributed by atoms with Crippen LogP contribution in [0.1, 0.15) is 31.1 Å². The Hall–Kier alpha value is -3.55. The number of hydrogen-bond donors (Lipinski definition) is 1. The zero-order valence-corrected chi connectivity index (χ0v) is 18.2. The maximum Gasteiger partial charge on any atom is 0.290 e. The van der Waals surface area contributed by atoms with Crippen molar-refractivity contribution in [3.63, 3.8) is 0 Å². The van der Waals surface area contributed by atoms with Crippen LogP contribution in [0.25, 0.3) is 0 Å². The maximum absolute atomic E-state index is 13.0. The van der Waals surface area contributed by atoms with Crippen molar-refractivity contribution in [1.82, 2.24) is 9.88 Å². The summed E-state index contributed by atoms with van der Waals surface area (Å²) in [7, 11) is 4.46. The molecule has 2 heterocycles. The minimum absolute atomic E-state index is 0.0465. The number of aliphatic hydroxyl groups is 1. The third kappa shape index (κ3) is 4.05. The number of ether oxygens (including phenoxy) is 3. The van der Waals surface area contributed by atoms with Gasteiger partial charge in [0.2, 0.25) is 5.75 Å². The van der Waals surface area contributed by atoms with Crippen LogP contribution in [0.4, 0.5) is 0 Å². The molecule has 0 saturated heterocycles. The molecule has 0 bridgehead atoms. The number of benzene rings is 1. The minimum atomic E-state index is -0.835. The number of amides is 1. The fourth-order valence-corrected chi connectivity index (χ4v) is 3.65. The summed E-state index contributed by atoms with van der Waals surface area (Å²) in [5, 5.41) is 10.7. The standard InChI is InChI=1S/C23H26N2O6/c1-13(2)20(26)18-19(14-10-16(29-3)22(31-5)17(11-14)30-4)25(23(28)21(18)27)12-15-8-6-7-9-24-15/h6-11,13,19,27H,12H2,1-5H3. The molecule has 8 nitrogen and oxygen atoms in total. The molecule has 8 heteroatoms. The van der Waals surface area contributed by atoms with E-state index in [9.17, 15) is 14.7 Å². The average molecular weight is 426 g/mol. The van der Waals surface area contributed by atoms with Gasteiger partial charge in [-0.25, -0.2) is 0 Å². The molecule has 1 amide bonds. The molecule has 1 aromatic heterocycles. The first-order valence-corrected chi connectivity index (χ1v) is 9.82. The van der Waals surface area contributed by atoms with Gasteiger partial charge in [-0.3, -0.25) is 14.6 Å². The van der Waals surface area contributed by atoms with Crippen LogP contribution in [0, 0.1) is 5.92 Å². The van der Waals surface area contributed by atoms with Crippen molar-refractivity contribution in [3.05, 3.63) is 59.1 Å². The van der Waals surface area contributed by atoms with Crippen LogP contribution in [0.3, 0.4) is 0 Å². The van der Waals surface area contributed by atoms with Gasteiger partial charge in [0.1, 0.15) is 0 Å². The number of Topliss-reactive ketones (excluding diaryl/α,β-unsaturated/α-hetero) is 1. The van der Waals surface area contributed by atoms with Crippen molar-refractivity contribution in [1.29, 1.82) is 0 Å². The first-order valence-electron chi connectivity index (χ1n) is 9.82. The molecule has 1 aliphatic rings. The zero-order chi connectivity index (χ0) is 22.7. The summed E-state index contributed by atoms with van der Waals surface area (Å²) in [5.74, 6) is -0.756. The Morgan fingerprint density at radius 2 is 1.77 bits per heavy atom. The smallest absolute Gasteiger partial charge is 0.290 e. The highest BCUT2D eigenvalue weighted by Gasteiger charge is 2.44. The van der Waals surface area contributed by atoms with Gasteiger partial charge in [-0.2, -0.15) is 0 Å². The number of nitrogens with zero attached hydrogens (tertiary/aromatic N) is 2. The van der Waals surface area contributed by atoms with Crippen LogP contribution in [-0.4, -0.2) is 48.0 Å². The summed E-state index contributed by atoms with van der Waals surface area (Å²) < 4.78 is 16.3. The lowest BCUT2D eigenvalue weighted by molar-refractivity contribution is -0.130. The van der Waals surface area contributed by atoms with E-state index in [4.69, 9.17) is 14.2 Å². The van der Waals surface area contributed by atoms with E-state index in [0.29, 0.717) is 28.5 Å². The van der Waals surface area contributed by atoms with Crippen LogP contribution in [0.5, 0.6) is 17.2 Å². The number of ketones is 1. The van der Waals surface area contributed by atoms with E-state index in [1.807, 2.05) is 6.07 Å². The second-order valence-corrected chi connectivity index (χ2v) is 7.40. The van der Waals surface area contributed by atoms with Crippen LogP contribution >= 0.6 is 0 Å². The third-order valence-electron chi connectivity index (χ3n) is 5.15. The quantitative estimate of drug-likeness (QED) is 0.692. The van der Waals surface area contributed by atoms with Gasteiger partial charge in [0.05, 0.1) is 45.2 Å². The highest BCUT2D eigenvalue weighted by molar-refractivity contribution is 6.09. The van der Waals surface area contributed by atoms with Gasteiger partial charge in [0, 0.05) is 12.1 Å². The summed E-state index contributed by atoms with van der Waals surface area (Å²) in [6.45, 7) is 3.56. The number of aliphatic hydroxyl groups excluding tert-OH is 1. The van der Waals surface area contributed by atoms with E-state index in [0.717, 1.165) is 0 Å². The predicted molar refractivity (Wildman–Crippen MR) is 113 cm³/mol. The molecule has 1 atom stereocenters. The molecule has 1 N–H and O–H groups in total. The molecule has 2 aromatic rings. The van der Waals surface area contributed by atoms with Crippen LogP contribution in [0.15, 0.2) is 47.9 Å². The third-order valence-corrected chi connectivity index (χ3v) is 5.15. The topological polar surface area (TPSA) is 98.2 Å². The highest BCUT2D eigenvalue weighted by Crippen LogP contribution is 2.45. The largest absolute Gasteiger partial charge is 0.503 e. The highest BCUT2D eigenvalue weighted by atomic mass is 16.5. The summed E-state index contributed by atoms with van der Waals surface area (Å²) in [6, 6.07) is 7.88. The second kappa shape index (κ2) is 9.07. The Morgan fingerprint density at radius 3 is 2.26 bits per heavy atom. The molecule has 31 heavy (non-hydrogen) atoms. The van der Waals surface area contributed by atoms with Crippen molar-refractivity contribution in [3.8, 4) is 17.2 Å². The Labute approximate surface area is 181 Å². The first kappa shape index (κ1) is 22.1. The summed E-state index contributed by atoms with van der Waals surface area (Å²) in [6.07, 6.45) is 1.62. The SMILES string of the molecule is COc1cc(C2C(C(=O)C(C)C)=C(O)C(=O)N2Cc2ccccn2)cc(OC)c1OC. The molecule has 0 aliphatic carbocycles. The second-order valence-electron chi connectivity index (χ2n) is 7.40.